The van der Waals surface area contributed by atoms with Gasteiger partial charge in [0, 0.05) is 30.7 Å². The van der Waals surface area contributed by atoms with Crippen LogP contribution in [0.1, 0.15) is 0 Å². The summed E-state index contributed by atoms with van der Waals surface area (Å²) in [6, 6.07) is 3.60. The first-order chi connectivity index (χ1) is 8.01. The van der Waals surface area contributed by atoms with E-state index in [4.69, 9.17) is 0 Å². The molecule has 1 N–H and O–H groups in total. The predicted octanol–water partition coefficient (Wildman–Crippen LogP) is 1.18. The molecule has 0 radical (unpaired) electrons. The molecule has 0 saturated carbocycles. The van der Waals surface area contributed by atoms with E-state index < -0.39 is 15.8 Å². The Bertz CT molecular complexity index is 515. The predicted molar refractivity (Wildman–Crippen MR) is 65.7 cm³/mol. The summed E-state index contributed by atoms with van der Waals surface area (Å²) in [6.07, 6.45) is 0. The Morgan fingerprint density at radius 2 is 1.94 bits per heavy atom. The van der Waals surface area contributed by atoms with Crippen LogP contribution in [0.15, 0.2) is 27.6 Å². The highest BCUT2D eigenvalue weighted by molar-refractivity contribution is 9.10. The number of hydrogen-bond acceptors (Lipinski definition) is 3. The Labute approximate surface area is 108 Å². The highest BCUT2D eigenvalue weighted by Gasteiger charge is 2.27. The molecule has 94 valence electrons. The molecule has 0 unspecified atom stereocenters. The number of sulfonamides is 1. The van der Waals surface area contributed by atoms with E-state index >= 15 is 0 Å². The van der Waals surface area contributed by atoms with E-state index in [1.807, 2.05) is 0 Å². The third kappa shape index (κ3) is 2.67. The highest BCUT2D eigenvalue weighted by atomic mass is 79.9. The normalized spacial score (nSPS) is 18.2. The lowest BCUT2D eigenvalue weighted by Gasteiger charge is -2.26. The Morgan fingerprint density at radius 3 is 2.53 bits per heavy atom. The van der Waals surface area contributed by atoms with Gasteiger partial charge in [0.2, 0.25) is 10.0 Å². The summed E-state index contributed by atoms with van der Waals surface area (Å²) in [4.78, 5) is 0.112. The van der Waals surface area contributed by atoms with Crippen molar-refractivity contribution in [3.05, 3.63) is 28.5 Å². The first kappa shape index (κ1) is 12.9. The van der Waals surface area contributed by atoms with Gasteiger partial charge in [-0.05, 0) is 34.1 Å². The zero-order valence-corrected chi connectivity index (χ0v) is 11.4. The van der Waals surface area contributed by atoms with E-state index in [0.29, 0.717) is 26.2 Å². The maximum Gasteiger partial charge on any atom is 0.244 e. The minimum Gasteiger partial charge on any atom is -0.314 e. The molecule has 1 aromatic rings. The van der Waals surface area contributed by atoms with Gasteiger partial charge in [0.25, 0.3) is 0 Å². The van der Waals surface area contributed by atoms with Crippen LogP contribution in [0.4, 0.5) is 4.39 Å². The Kier molecular flexibility index (Phi) is 3.82. The molecule has 0 aromatic heterocycles. The van der Waals surface area contributed by atoms with Crippen molar-refractivity contribution in [3.63, 3.8) is 0 Å². The number of nitrogens with zero attached hydrogens (tertiary/aromatic N) is 1. The largest absolute Gasteiger partial charge is 0.314 e. The van der Waals surface area contributed by atoms with Gasteiger partial charge in [-0.15, -0.1) is 0 Å². The summed E-state index contributed by atoms with van der Waals surface area (Å²) in [5, 5.41) is 3.08. The van der Waals surface area contributed by atoms with Crippen molar-refractivity contribution in [2.24, 2.45) is 0 Å². The van der Waals surface area contributed by atoms with Gasteiger partial charge >= 0.3 is 0 Å². The summed E-state index contributed by atoms with van der Waals surface area (Å²) < 4.78 is 39.1. The van der Waals surface area contributed by atoms with Crippen LogP contribution in [0.3, 0.4) is 0 Å². The molecule has 1 aliphatic rings. The number of hydrogen-bond donors (Lipinski definition) is 1. The zero-order chi connectivity index (χ0) is 12.5. The second kappa shape index (κ2) is 5.01. The molecule has 1 fully saturated rings. The van der Waals surface area contributed by atoms with Crippen molar-refractivity contribution in [2.75, 3.05) is 26.2 Å². The summed E-state index contributed by atoms with van der Waals surface area (Å²) in [6.45, 7) is 2.15. The maximum atomic E-state index is 12.9. The smallest absolute Gasteiger partial charge is 0.244 e. The Morgan fingerprint density at radius 1 is 1.29 bits per heavy atom. The van der Waals surface area contributed by atoms with Gasteiger partial charge in [0.1, 0.15) is 5.82 Å². The summed E-state index contributed by atoms with van der Waals surface area (Å²) in [5.74, 6) is -0.462. The number of halogens is 2. The van der Waals surface area contributed by atoms with Gasteiger partial charge < -0.3 is 5.32 Å². The fourth-order valence-electron chi connectivity index (χ4n) is 1.71. The first-order valence-electron chi connectivity index (χ1n) is 5.18. The number of rotatable bonds is 2. The average Bonchev–Trinajstić information content (AvgIpc) is 2.29. The van der Waals surface area contributed by atoms with Crippen molar-refractivity contribution in [2.45, 2.75) is 4.90 Å². The van der Waals surface area contributed by atoms with Gasteiger partial charge in [-0.25, -0.2) is 12.8 Å². The Hall–Kier alpha value is -0.500. The minimum absolute atomic E-state index is 0.112. The van der Waals surface area contributed by atoms with E-state index in [0.717, 1.165) is 12.1 Å². The second-order valence-corrected chi connectivity index (χ2v) is 6.49. The molecule has 7 heteroatoms. The van der Waals surface area contributed by atoms with Crippen molar-refractivity contribution in [1.29, 1.82) is 0 Å². The molecule has 1 saturated heterocycles. The molecule has 0 atom stereocenters. The standard InChI is InChI=1S/C10H12BrFN2O2S/c11-9-7-8(12)1-2-10(9)17(15,16)14-5-3-13-4-6-14/h1-2,7,13H,3-6H2. The molecule has 1 heterocycles. The number of piperazine rings is 1. The number of benzene rings is 1. The van der Waals surface area contributed by atoms with Crippen LogP contribution in [0.5, 0.6) is 0 Å². The molecule has 0 bridgehead atoms. The average molecular weight is 323 g/mol. The Balaban J connectivity index is 2.37. The second-order valence-electron chi connectivity index (χ2n) is 3.73. The number of nitrogens with one attached hydrogen (secondary N) is 1. The van der Waals surface area contributed by atoms with Gasteiger partial charge in [0.15, 0.2) is 0 Å². The molecule has 17 heavy (non-hydrogen) atoms. The van der Waals surface area contributed by atoms with Crippen molar-refractivity contribution >= 4 is 26.0 Å². The molecule has 0 spiro atoms. The molecule has 0 amide bonds. The van der Waals surface area contributed by atoms with Gasteiger partial charge in [-0.3, -0.25) is 0 Å². The van der Waals surface area contributed by atoms with Crippen LogP contribution in [0, 0.1) is 5.82 Å². The lowest BCUT2D eigenvalue weighted by atomic mass is 10.3. The fraction of sp³-hybridized carbons (Fsp3) is 0.400. The molecule has 1 aliphatic heterocycles. The molecule has 0 aliphatic carbocycles. The van der Waals surface area contributed by atoms with Gasteiger partial charge in [0.05, 0.1) is 4.90 Å². The van der Waals surface area contributed by atoms with Crippen LogP contribution in [-0.2, 0) is 10.0 Å². The maximum absolute atomic E-state index is 12.9. The summed E-state index contributed by atoms with van der Waals surface area (Å²) in [5.41, 5.74) is 0. The lowest BCUT2D eigenvalue weighted by molar-refractivity contribution is 0.360. The third-order valence-corrected chi connectivity index (χ3v) is 5.46. The quantitative estimate of drug-likeness (QED) is 0.889. The monoisotopic (exact) mass is 322 g/mol. The molecule has 4 nitrogen and oxygen atoms in total. The summed E-state index contributed by atoms with van der Waals surface area (Å²) in [7, 11) is -3.53. The van der Waals surface area contributed by atoms with Crippen molar-refractivity contribution in [3.8, 4) is 0 Å². The minimum atomic E-state index is -3.53. The molecular formula is C10H12BrFN2O2S. The SMILES string of the molecule is O=S(=O)(c1ccc(F)cc1Br)N1CCNCC1. The lowest BCUT2D eigenvalue weighted by Crippen LogP contribution is -2.46. The van der Waals surface area contributed by atoms with Crippen LogP contribution in [0.2, 0.25) is 0 Å². The molecule has 1 aromatic carbocycles. The van der Waals surface area contributed by atoms with E-state index in [1.165, 1.54) is 10.4 Å². The van der Waals surface area contributed by atoms with Crippen LogP contribution in [-0.4, -0.2) is 38.9 Å². The van der Waals surface area contributed by atoms with Gasteiger partial charge in [-0.1, -0.05) is 0 Å². The van der Waals surface area contributed by atoms with E-state index in [1.54, 1.807) is 0 Å². The highest BCUT2D eigenvalue weighted by Crippen LogP contribution is 2.25. The molecule has 2 rings (SSSR count). The van der Waals surface area contributed by atoms with Crippen LogP contribution < -0.4 is 5.32 Å². The van der Waals surface area contributed by atoms with E-state index in [9.17, 15) is 12.8 Å². The van der Waals surface area contributed by atoms with Crippen LogP contribution in [0.25, 0.3) is 0 Å². The van der Waals surface area contributed by atoms with E-state index in [2.05, 4.69) is 21.2 Å². The fourth-order valence-corrected chi connectivity index (χ4v) is 4.16. The van der Waals surface area contributed by atoms with E-state index in [-0.39, 0.29) is 9.37 Å². The van der Waals surface area contributed by atoms with Crippen molar-refractivity contribution in [1.82, 2.24) is 9.62 Å². The zero-order valence-electron chi connectivity index (χ0n) is 8.99. The topological polar surface area (TPSA) is 49.4 Å². The first-order valence-corrected chi connectivity index (χ1v) is 7.41. The van der Waals surface area contributed by atoms with Gasteiger partial charge in [-0.2, -0.15) is 4.31 Å². The molecular weight excluding hydrogens is 311 g/mol. The third-order valence-electron chi connectivity index (χ3n) is 2.59. The van der Waals surface area contributed by atoms with Crippen LogP contribution >= 0.6 is 15.9 Å². The summed E-state index contributed by atoms with van der Waals surface area (Å²) >= 11 is 3.09. The van der Waals surface area contributed by atoms with Crippen molar-refractivity contribution < 1.29 is 12.8 Å².